The minimum atomic E-state index is -1.75. The Labute approximate surface area is 214 Å². The number of aromatic nitrogens is 2. The molecule has 10 nitrogen and oxygen atoms in total. The van der Waals surface area contributed by atoms with E-state index in [2.05, 4.69) is 4.98 Å². The molecule has 194 valence electrons. The molecule has 0 bridgehead atoms. The van der Waals surface area contributed by atoms with Gasteiger partial charge in [0.15, 0.2) is 5.02 Å². The van der Waals surface area contributed by atoms with Gasteiger partial charge in [0, 0.05) is 11.6 Å². The predicted molar refractivity (Wildman–Crippen MR) is 131 cm³/mol. The Kier molecular flexibility index (Phi) is 6.65. The first-order valence-corrected chi connectivity index (χ1v) is 11.3. The van der Waals surface area contributed by atoms with E-state index < -0.39 is 39.8 Å². The van der Waals surface area contributed by atoms with Crippen LogP contribution in [0.1, 0.15) is 25.2 Å². The first kappa shape index (κ1) is 26.0. The number of nitrogens with two attached hydrogens (primary N) is 1. The molecule has 1 aromatic heterocycles. The van der Waals surface area contributed by atoms with Gasteiger partial charge in [-0.2, -0.15) is 4.98 Å². The fraction of sp³-hybridized carbons (Fsp3) is 0.250. The number of hydrogen-bond donors (Lipinski definition) is 2. The van der Waals surface area contributed by atoms with Crippen molar-refractivity contribution < 1.29 is 28.2 Å². The number of primary amides is 1. The molecule has 0 radical (unpaired) electrons. The van der Waals surface area contributed by atoms with E-state index in [0.717, 1.165) is 15.5 Å². The van der Waals surface area contributed by atoms with Crippen LogP contribution in [0.5, 0.6) is 5.88 Å². The van der Waals surface area contributed by atoms with Crippen LogP contribution in [0.2, 0.25) is 5.02 Å². The van der Waals surface area contributed by atoms with Crippen LogP contribution >= 0.6 is 11.6 Å². The lowest BCUT2D eigenvalue weighted by molar-refractivity contribution is -0.133. The zero-order chi connectivity index (χ0) is 27.2. The molecule has 0 spiro atoms. The van der Waals surface area contributed by atoms with Crippen LogP contribution in [0.4, 0.5) is 25.0 Å². The van der Waals surface area contributed by atoms with Gasteiger partial charge in [-0.3, -0.25) is 24.0 Å². The smallest absolute Gasteiger partial charge is 0.320 e. The van der Waals surface area contributed by atoms with E-state index in [4.69, 9.17) is 22.1 Å². The first-order valence-electron chi connectivity index (χ1n) is 10.9. The SMILES string of the molecule is Cc1nc(OCc2ccc(F)cc2F)c(Cl)c(=O)n1-c1ccc2c(c1)N(C(=O)C(C)(C)O)CN2C(N)=O. The van der Waals surface area contributed by atoms with Gasteiger partial charge in [0.1, 0.15) is 36.3 Å². The van der Waals surface area contributed by atoms with Crippen molar-refractivity contribution in [3.63, 3.8) is 0 Å². The van der Waals surface area contributed by atoms with E-state index in [1.165, 1.54) is 49.9 Å². The van der Waals surface area contributed by atoms with Gasteiger partial charge in [-0.1, -0.05) is 11.6 Å². The van der Waals surface area contributed by atoms with Crippen molar-refractivity contribution in [3.8, 4) is 11.6 Å². The molecule has 0 atom stereocenters. The zero-order valence-corrected chi connectivity index (χ0v) is 20.7. The summed E-state index contributed by atoms with van der Waals surface area (Å²) in [5, 5.41) is 9.85. The van der Waals surface area contributed by atoms with Crippen molar-refractivity contribution in [3.05, 3.63) is 74.8 Å². The summed E-state index contributed by atoms with van der Waals surface area (Å²) < 4.78 is 33.7. The maximum Gasteiger partial charge on any atom is 0.320 e. The van der Waals surface area contributed by atoms with E-state index in [0.29, 0.717) is 11.8 Å². The third-order valence-electron chi connectivity index (χ3n) is 5.66. The number of hydrogen-bond acceptors (Lipinski definition) is 6. The Hall–Kier alpha value is -4.03. The number of urea groups is 1. The number of aliphatic hydroxyl groups is 1. The largest absolute Gasteiger partial charge is 0.471 e. The second-order valence-electron chi connectivity index (χ2n) is 8.82. The van der Waals surface area contributed by atoms with Gasteiger partial charge in [-0.15, -0.1) is 0 Å². The second-order valence-corrected chi connectivity index (χ2v) is 9.19. The summed E-state index contributed by atoms with van der Waals surface area (Å²) in [5.74, 6) is -2.36. The molecule has 2 aromatic carbocycles. The number of fused-ring (bicyclic) bond motifs is 1. The molecule has 3 amide bonds. The summed E-state index contributed by atoms with van der Waals surface area (Å²) in [6, 6.07) is 6.63. The van der Waals surface area contributed by atoms with Gasteiger partial charge in [0.05, 0.1) is 17.1 Å². The maximum atomic E-state index is 13.9. The minimum absolute atomic E-state index is 0.0373. The fourth-order valence-electron chi connectivity index (χ4n) is 3.85. The first-order chi connectivity index (χ1) is 17.3. The molecule has 0 aliphatic carbocycles. The molecule has 0 saturated carbocycles. The Balaban J connectivity index is 1.72. The summed E-state index contributed by atoms with van der Waals surface area (Å²) in [7, 11) is 0. The van der Waals surface area contributed by atoms with Crippen molar-refractivity contribution in [2.24, 2.45) is 5.73 Å². The van der Waals surface area contributed by atoms with Crippen LogP contribution < -0.4 is 25.8 Å². The summed E-state index contributed by atoms with van der Waals surface area (Å²) in [4.78, 5) is 44.5. The topological polar surface area (TPSA) is 131 Å². The highest BCUT2D eigenvalue weighted by Gasteiger charge is 2.39. The van der Waals surface area contributed by atoms with Gasteiger partial charge < -0.3 is 15.6 Å². The number of ether oxygens (including phenoxy) is 1. The highest BCUT2D eigenvalue weighted by atomic mass is 35.5. The Morgan fingerprint density at radius 2 is 1.86 bits per heavy atom. The maximum absolute atomic E-state index is 13.9. The Morgan fingerprint density at radius 3 is 2.49 bits per heavy atom. The third kappa shape index (κ3) is 4.85. The van der Waals surface area contributed by atoms with E-state index in [-0.39, 0.29) is 41.9 Å². The van der Waals surface area contributed by atoms with E-state index in [9.17, 15) is 28.3 Å². The molecule has 4 rings (SSSR count). The number of amides is 3. The summed E-state index contributed by atoms with van der Waals surface area (Å²) in [6.45, 7) is 3.54. The number of nitrogens with zero attached hydrogens (tertiary/aromatic N) is 4. The fourth-order valence-corrected chi connectivity index (χ4v) is 4.03. The molecular weight excluding hydrogens is 512 g/mol. The van der Waals surface area contributed by atoms with Gasteiger partial charge >= 0.3 is 6.03 Å². The van der Waals surface area contributed by atoms with Crippen molar-refractivity contribution in [2.45, 2.75) is 33.0 Å². The number of aryl methyl sites for hydroxylation is 1. The van der Waals surface area contributed by atoms with Crippen LogP contribution in [-0.2, 0) is 11.4 Å². The molecule has 2 heterocycles. The quantitative estimate of drug-likeness (QED) is 0.518. The molecular formula is C24H22ClF2N5O5. The second kappa shape index (κ2) is 9.45. The van der Waals surface area contributed by atoms with Crippen LogP contribution in [0, 0.1) is 18.6 Å². The molecule has 13 heteroatoms. The number of rotatable bonds is 5. The third-order valence-corrected chi connectivity index (χ3v) is 5.98. The summed E-state index contributed by atoms with van der Waals surface area (Å²) in [6.07, 6.45) is 0. The van der Waals surface area contributed by atoms with Crippen LogP contribution in [0.15, 0.2) is 41.2 Å². The van der Waals surface area contributed by atoms with E-state index in [1.54, 1.807) is 0 Å². The lowest BCUT2D eigenvalue weighted by Crippen LogP contribution is -2.48. The normalized spacial score (nSPS) is 13.1. The lowest BCUT2D eigenvalue weighted by atomic mass is 10.1. The number of anilines is 2. The lowest BCUT2D eigenvalue weighted by Gasteiger charge is -2.25. The van der Waals surface area contributed by atoms with Crippen LogP contribution in [-0.4, -0.2) is 38.9 Å². The van der Waals surface area contributed by atoms with E-state index >= 15 is 0 Å². The number of benzene rings is 2. The van der Waals surface area contributed by atoms with Crippen LogP contribution in [0.25, 0.3) is 5.69 Å². The Bertz CT molecular complexity index is 1490. The summed E-state index contributed by atoms with van der Waals surface area (Å²) in [5.41, 5.74) is 3.82. The van der Waals surface area contributed by atoms with Crippen molar-refractivity contribution in [2.75, 3.05) is 16.5 Å². The highest BCUT2D eigenvalue weighted by molar-refractivity contribution is 6.31. The average Bonchev–Trinajstić information content (AvgIpc) is 3.19. The molecule has 0 fully saturated rings. The molecule has 0 saturated heterocycles. The van der Waals surface area contributed by atoms with Crippen molar-refractivity contribution in [1.82, 2.24) is 9.55 Å². The molecule has 3 aromatic rings. The summed E-state index contributed by atoms with van der Waals surface area (Å²) >= 11 is 6.23. The number of carbonyl (C=O) groups excluding carboxylic acids is 2. The molecule has 1 aliphatic heterocycles. The minimum Gasteiger partial charge on any atom is -0.471 e. The molecule has 37 heavy (non-hydrogen) atoms. The zero-order valence-electron chi connectivity index (χ0n) is 20.0. The molecule has 0 unspecified atom stereocenters. The highest BCUT2D eigenvalue weighted by Crippen LogP contribution is 2.38. The van der Waals surface area contributed by atoms with Gasteiger partial charge in [0.2, 0.25) is 5.88 Å². The standard InChI is InChI=1S/C24H22ClF2N5O5/c1-12-29-20(37-10-13-4-5-14(26)8-16(13)27)19(25)21(33)32(12)15-6-7-17-18(9-15)30(11-31(17)23(28)35)22(34)24(2,3)36/h4-9,36H,10-11H2,1-3H3,(H2,28,35). The van der Waals surface area contributed by atoms with Gasteiger partial charge in [-0.05, 0) is 51.1 Å². The average molecular weight is 534 g/mol. The van der Waals surface area contributed by atoms with Gasteiger partial charge in [0.25, 0.3) is 11.5 Å². The van der Waals surface area contributed by atoms with Crippen LogP contribution in [0.3, 0.4) is 0 Å². The number of halogens is 3. The Morgan fingerprint density at radius 1 is 1.16 bits per heavy atom. The molecule has 1 aliphatic rings. The number of carbonyl (C=O) groups is 2. The monoisotopic (exact) mass is 533 g/mol. The van der Waals surface area contributed by atoms with Gasteiger partial charge in [-0.25, -0.2) is 13.6 Å². The van der Waals surface area contributed by atoms with Crippen molar-refractivity contribution >= 4 is 34.9 Å². The van der Waals surface area contributed by atoms with E-state index in [1.807, 2.05) is 0 Å². The molecule has 3 N–H and O–H groups in total. The van der Waals surface area contributed by atoms with Crippen molar-refractivity contribution in [1.29, 1.82) is 0 Å². The predicted octanol–water partition coefficient (Wildman–Crippen LogP) is 3.01.